The Kier molecular flexibility index (Phi) is 7.31. The molecule has 2 rings (SSSR count). The summed E-state index contributed by atoms with van der Waals surface area (Å²) in [5, 5.41) is 7.21. The molecule has 1 amide bonds. The molecule has 0 aromatic heterocycles. The third-order valence-corrected chi connectivity index (χ3v) is 3.52. The van der Waals surface area contributed by atoms with Crippen LogP contribution in [-0.4, -0.2) is 32.9 Å². The highest BCUT2D eigenvalue weighted by molar-refractivity contribution is 5.82. The number of benzene rings is 2. The number of carbonyl (C=O) groups is 1. The summed E-state index contributed by atoms with van der Waals surface area (Å²) in [4.78, 5) is 11.7. The van der Waals surface area contributed by atoms with Gasteiger partial charge in [-0.25, -0.2) is 5.43 Å². The average molecular weight is 341 g/mol. The molecule has 0 aliphatic rings. The van der Waals surface area contributed by atoms with Gasteiger partial charge in [-0.2, -0.15) is 5.10 Å². The fraction of sp³-hybridized carbons (Fsp3) is 0.263. The number of carbonyl (C=O) groups excluding carboxylic acids is 1. The van der Waals surface area contributed by atoms with Gasteiger partial charge in [-0.05, 0) is 60.5 Å². The third kappa shape index (κ3) is 6.55. The van der Waals surface area contributed by atoms with Crippen LogP contribution in [0.25, 0.3) is 0 Å². The highest BCUT2D eigenvalue weighted by Gasteiger charge is 2.00. The van der Waals surface area contributed by atoms with E-state index in [1.807, 2.05) is 48.5 Å². The zero-order valence-corrected chi connectivity index (χ0v) is 14.5. The first-order chi connectivity index (χ1) is 12.2. The fourth-order valence-corrected chi connectivity index (χ4v) is 2.12. The number of hydrogen-bond donors (Lipinski definition) is 2. The largest absolute Gasteiger partial charge is 0.497 e. The summed E-state index contributed by atoms with van der Waals surface area (Å²) >= 11 is 0. The zero-order valence-electron chi connectivity index (χ0n) is 14.5. The van der Waals surface area contributed by atoms with E-state index >= 15 is 0 Å². The number of hydrogen-bond acceptors (Lipinski definition) is 5. The predicted octanol–water partition coefficient (Wildman–Crippen LogP) is 3.05. The molecule has 132 valence electrons. The van der Waals surface area contributed by atoms with Crippen LogP contribution in [0.4, 0.5) is 5.69 Å². The summed E-state index contributed by atoms with van der Waals surface area (Å²) in [6.45, 7) is 0.710. The second-order valence-electron chi connectivity index (χ2n) is 5.33. The Morgan fingerprint density at radius 1 is 1.00 bits per heavy atom. The molecule has 0 saturated carbocycles. The van der Waals surface area contributed by atoms with Crippen LogP contribution < -0.4 is 20.2 Å². The van der Waals surface area contributed by atoms with E-state index in [1.54, 1.807) is 20.4 Å². The minimum Gasteiger partial charge on any atom is -0.497 e. The van der Waals surface area contributed by atoms with Gasteiger partial charge in [-0.1, -0.05) is 0 Å². The van der Waals surface area contributed by atoms with Crippen molar-refractivity contribution in [3.05, 3.63) is 54.1 Å². The first-order valence-corrected chi connectivity index (χ1v) is 8.05. The van der Waals surface area contributed by atoms with Crippen molar-refractivity contribution < 1.29 is 14.3 Å². The van der Waals surface area contributed by atoms with Gasteiger partial charge in [0, 0.05) is 18.7 Å². The van der Waals surface area contributed by atoms with E-state index < -0.39 is 0 Å². The SMILES string of the molecule is COc1ccc(/C=N/NC(=O)CCCNc2ccc(OC)cc2)cc1. The Bertz CT molecular complexity index is 682. The number of nitrogens with zero attached hydrogens (tertiary/aromatic N) is 1. The number of amides is 1. The molecule has 0 aliphatic carbocycles. The second-order valence-corrected chi connectivity index (χ2v) is 5.33. The molecule has 0 atom stereocenters. The van der Waals surface area contributed by atoms with Crippen LogP contribution in [0.15, 0.2) is 53.6 Å². The maximum Gasteiger partial charge on any atom is 0.240 e. The van der Waals surface area contributed by atoms with E-state index in [1.165, 1.54) is 0 Å². The molecule has 6 nitrogen and oxygen atoms in total. The zero-order chi connectivity index (χ0) is 17.9. The minimum absolute atomic E-state index is 0.110. The van der Waals surface area contributed by atoms with Gasteiger partial charge in [-0.15, -0.1) is 0 Å². The molecule has 0 spiro atoms. The van der Waals surface area contributed by atoms with E-state index in [0.29, 0.717) is 13.0 Å². The molecular formula is C19H23N3O3. The van der Waals surface area contributed by atoms with E-state index in [4.69, 9.17) is 9.47 Å². The molecule has 0 aliphatic heterocycles. The van der Waals surface area contributed by atoms with Crippen LogP contribution in [0, 0.1) is 0 Å². The van der Waals surface area contributed by atoms with Crippen LogP contribution in [-0.2, 0) is 4.79 Å². The van der Waals surface area contributed by atoms with Crippen molar-refractivity contribution in [1.29, 1.82) is 0 Å². The lowest BCUT2D eigenvalue weighted by atomic mass is 10.2. The number of nitrogens with one attached hydrogen (secondary N) is 2. The molecule has 0 unspecified atom stereocenters. The number of methoxy groups -OCH3 is 2. The maximum atomic E-state index is 11.7. The molecule has 2 N–H and O–H groups in total. The Hall–Kier alpha value is -3.02. The summed E-state index contributed by atoms with van der Waals surface area (Å²) < 4.78 is 10.2. The second kappa shape index (κ2) is 9.97. The standard InChI is InChI=1S/C19H23N3O3/c1-24-17-9-5-15(6-10-17)14-21-22-19(23)4-3-13-20-16-7-11-18(25-2)12-8-16/h5-12,14,20H,3-4,13H2,1-2H3,(H,22,23)/b21-14+. The van der Waals surface area contributed by atoms with Gasteiger partial charge in [0.1, 0.15) is 11.5 Å². The molecule has 2 aromatic rings. The molecular weight excluding hydrogens is 318 g/mol. The smallest absolute Gasteiger partial charge is 0.240 e. The van der Waals surface area contributed by atoms with Gasteiger partial charge in [0.2, 0.25) is 5.91 Å². The van der Waals surface area contributed by atoms with Crippen molar-refractivity contribution >= 4 is 17.8 Å². The first-order valence-electron chi connectivity index (χ1n) is 8.05. The van der Waals surface area contributed by atoms with Gasteiger partial charge in [0.15, 0.2) is 0 Å². The summed E-state index contributed by atoms with van der Waals surface area (Å²) in [6, 6.07) is 15.1. The first kappa shape index (κ1) is 18.3. The van der Waals surface area contributed by atoms with Crippen molar-refractivity contribution in [3.8, 4) is 11.5 Å². The predicted molar refractivity (Wildman–Crippen MR) is 99.4 cm³/mol. The summed E-state index contributed by atoms with van der Waals surface area (Å²) in [7, 11) is 3.25. The van der Waals surface area contributed by atoms with E-state index in [0.717, 1.165) is 29.2 Å². The number of anilines is 1. The topological polar surface area (TPSA) is 72.0 Å². The van der Waals surface area contributed by atoms with Gasteiger partial charge >= 0.3 is 0 Å². The molecule has 0 bridgehead atoms. The van der Waals surface area contributed by atoms with Crippen LogP contribution >= 0.6 is 0 Å². The van der Waals surface area contributed by atoms with Gasteiger partial charge in [0.25, 0.3) is 0 Å². The quantitative estimate of drug-likeness (QED) is 0.418. The Morgan fingerprint density at radius 3 is 2.20 bits per heavy atom. The summed E-state index contributed by atoms with van der Waals surface area (Å²) in [5.41, 5.74) is 4.42. The highest BCUT2D eigenvalue weighted by Crippen LogP contribution is 2.14. The van der Waals surface area contributed by atoms with Crippen molar-refractivity contribution in [1.82, 2.24) is 5.43 Å². The minimum atomic E-state index is -0.110. The fourth-order valence-electron chi connectivity index (χ4n) is 2.12. The molecule has 0 radical (unpaired) electrons. The van der Waals surface area contributed by atoms with Crippen molar-refractivity contribution in [2.24, 2.45) is 5.10 Å². The lowest BCUT2D eigenvalue weighted by Gasteiger charge is -2.06. The van der Waals surface area contributed by atoms with Gasteiger partial charge < -0.3 is 14.8 Å². The number of ether oxygens (including phenoxy) is 2. The normalized spacial score (nSPS) is 10.5. The van der Waals surface area contributed by atoms with Gasteiger partial charge in [0.05, 0.1) is 20.4 Å². The molecule has 25 heavy (non-hydrogen) atoms. The number of rotatable bonds is 9. The van der Waals surface area contributed by atoms with Crippen LogP contribution in [0.1, 0.15) is 18.4 Å². The van der Waals surface area contributed by atoms with Crippen LogP contribution in [0.5, 0.6) is 11.5 Å². The summed E-state index contributed by atoms with van der Waals surface area (Å²) in [5.74, 6) is 1.49. The average Bonchev–Trinajstić information content (AvgIpc) is 2.66. The number of hydrazone groups is 1. The van der Waals surface area contributed by atoms with E-state index in [9.17, 15) is 4.79 Å². The monoisotopic (exact) mass is 341 g/mol. The van der Waals surface area contributed by atoms with Crippen molar-refractivity contribution in [3.63, 3.8) is 0 Å². The summed E-state index contributed by atoms with van der Waals surface area (Å²) in [6.07, 6.45) is 2.73. The lowest BCUT2D eigenvalue weighted by molar-refractivity contribution is -0.121. The van der Waals surface area contributed by atoms with Gasteiger partial charge in [-0.3, -0.25) is 4.79 Å². The Balaban J connectivity index is 1.63. The molecule has 0 saturated heterocycles. The molecule has 0 heterocycles. The highest BCUT2D eigenvalue weighted by atomic mass is 16.5. The lowest BCUT2D eigenvalue weighted by Crippen LogP contribution is -2.18. The molecule has 6 heteroatoms. The van der Waals surface area contributed by atoms with E-state index in [2.05, 4.69) is 15.8 Å². The third-order valence-electron chi connectivity index (χ3n) is 3.52. The Morgan fingerprint density at radius 2 is 1.60 bits per heavy atom. The van der Waals surface area contributed by atoms with E-state index in [-0.39, 0.29) is 5.91 Å². The molecule has 2 aromatic carbocycles. The van der Waals surface area contributed by atoms with Crippen LogP contribution in [0.3, 0.4) is 0 Å². The van der Waals surface area contributed by atoms with Crippen LogP contribution in [0.2, 0.25) is 0 Å². The maximum absolute atomic E-state index is 11.7. The van der Waals surface area contributed by atoms with Crippen molar-refractivity contribution in [2.45, 2.75) is 12.8 Å². The van der Waals surface area contributed by atoms with Crippen molar-refractivity contribution in [2.75, 3.05) is 26.1 Å². The molecule has 0 fully saturated rings. The Labute approximate surface area is 147 Å².